The van der Waals surface area contributed by atoms with Crippen LogP contribution in [0.2, 0.25) is 0 Å². The molecule has 0 aliphatic carbocycles. The average molecular weight is 299 g/mol. The summed E-state index contributed by atoms with van der Waals surface area (Å²) in [5.74, 6) is -0.453. The summed E-state index contributed by atoms with van der Waals surface area (Å²) in [6.45, 7) is 0. The molecule has 2 aromatic rings. The van der Waals surface area contributed by atoms with E-state index in [0.29, 0.717) is 5.75 Å². The largest absolute Gasteiger partial charge is 0.451 e. The average Bonchev–Trinajstić information content (AvgIpc) is 2.77. The van der Waals surface area contributed by atoms with Crippen LogP contribution in [-0.4, -0.2) is 20.5 Å². The Hall–Kier alpha value is -1.76. The number of thioether (sulfide) groups is 1. The zero-order valence-electron chi connectivity index (χ0n) is 10.6. The maximum Gasteiger partial charge on any atom is 0.451 e. The van der Waals surface area contributed by atoms with Gasteiger partial charge in [-0.05, 0) is 5.56 Å². The molecule has 106 valence electrons. The number of halogens is 3. The van der Waals surface area contributed by atoms with Gasteiger partial charge in [-0.25, -0.2) is 0 Å². The van der Waals surface area contributed by atoms with E-state index in [1.165, 1.54) is 18.8 Å². The van der Waals surface area contributed by atoms with Gasteiger partial charge < -0.3 is 4.57 Å². The highest BCUT2D eigenvalue weighted by Crippen LogP contribution is 2.29. The van der Waals surface area contributed by atoms with Crippen LogP contribution in [0, 0.1) is 0 Å². The van der Waals surface area contributed by atoms with E-state index in [1.807, 2.05) is 42.5 Å². The number of alkyl halides is 3. The molecule has 0 saturated heterocycles. The smallest absolute Gasteiger partial charge is 0.302 e. The van der Waals surface area contributed by atoms with Gasteiger partial charge in [-0.1, -0.05) is 54.2 Å². The Morgan fingerprint density at radius 1 is 1.20 bits per heavy atom. The van der Waals surface area contributed by atoms with Gasteiger partial charge in [0.25, 0.3) is 0 Å². The van der Waals surface area contributed by atoms with Gasteiger partial charge in [0.15, 0.2) is 5.16 Å². The van der Waals surface area contributed by atoms with E-state index < -0.39 is 12.0 Å². The monoisotopic (exact) mass is 299 g/mol. The van der Waals surface area contributed by atoms with E-state index in [1.54, 1.807) is 0 Å². The van der Waals surface area contributed by atoms with Crippen molar-refractivity contribution >= 4 is 17.8 Å². The predicted octanol–water partition coefficient (Wildman–Crippen LogP) is 3.64. The highest BCUT2D eigenvalue weighted by atomic mass is 32.2. The first-order chi connectivity index (χ1) is 9.48. The minimum Gasteiger partial charge on any atom is -0.302 e. The molecule has 3 nitrogen and oxygen atoms in total. The fraction of sp³-hybridized carbons (Fsp3) is 0.231. The van der Waals surface area contributed by atoms with Crippen LogP contribution in [0.3, 0.4) is 0 Å². The van der Waals surface area contributed by atoms with Crippen molar-refractivity contribution in [1.29, 1.82) is 0 Å². The quantitative estimate of drug-likeness (QED) is 0.808. The molecule has 0 N–H and O–H groups in total. The van der Waals surface area contributed by atoms with Gasteiger partial charge in [-0.2, -0.15) is 13.2 Å². The molecular weight excluding hydrogens is 287 g/mol. The van der Waals surface area contributed by atoms with E-state index in [-0.39, 0.29) is 5.16 Å². The molecule has 0 aliphatic rings. The summed E-state index contributed by atoms with van der Waals surface area (Å²) in [4.78, 5) is 0. The van der Waals surface area contributed by atoms with Crippen LogP contribution in [0.25, 0.3) is 6.08 Å². The molecule has 1 aromatic carbocycles. The molecule has 0 fully saturated rings. The zero-order chi connectivity index (χ0) is 14.6. The maximum absolute atomic E-state index is 12.5. The fourth-order valence-electron chi connectivity index (χ4n) is 1.56. The Morgan fingerprint density at radius 3 is 2.50 bits per heavy atom. The van der Waals surface area contributed by atoms with Crippen molar-refractivity contribution in [1.82, 2.24) is 14.8 Å². The number of benzene rings is 1. The fourth-order valence-corrected chi connectivity index (χ4v) is 2.28. The number of nitrogens with zero attached hydrogens (tertiary/aromatic N) is 3. The van der Waals surface area contributed by atoms with Crippen molar-refractivity contribution in [3.63, 3.8) is 0 Å². The molecule has 0 bridgehead atoms. The van der Waals surface area contributed by atoms with Crippen molar-refractivity contribution in [2.45, 2.75) is 11.3 Å². The Bertz CT molecular complexity index is 591. The zero-order valence-corrected chi connectivity index (χ0v) is 11.4. The van der Waals surface area contributed by atoms with Gasteiger partial charge in [0.2, 0.25) is 5.82 Å². The number of hydrogen-bond donors (Lipinski definition) is 0. The Kier molecular flexibility index (Phi) is 4.49. The lowest BCUT2D eigenvalue weighted by Crippen LogP contribution is -2.12. The summed E-state index contributed by atoms with van der Waals surface area (Å²) in [5.41, 5.74) is 1.04. The first-order valence-electron chi connectivity index (χ1n) is 5.79. The van der Waals surface area contributed by atoms with Gasteiger partial charge in [0.05, 0.1) is 0 Å². The third kappa shape index (κ3) is 3.63. The molecule has 0 atom stereocenters. The van der Waals surface area contributed by atoms with Crippen molar-refractivity contribution in [3.8, 4) is 0 Å². The minimum absolute atomic E-state index is 0.245. The molecule has 2 rings (SSSR count). The highest BCUT2D eigenvalue weighted by molar-refractivity contribution is 7.99. The maximum atomic E-state index is 12.5. The summed E-state index contributed by atoms with van der Waals surface area (Å²) in [6.07, 6.45) is -0.684. The first kappa shape index (κ1) is 14.6. The van der Waals surface area contributed by atoms with E-state index in [0.717, 1.165) is 10.1 Å². The summed E-state index contributed by atoms with van der Waals surface area (Å²) in [5, 5.41) is 6.96. The Balaban J connectivity index is 1.95. The van der Waals surface area contributed by atoms with Crippen molar-refractivity contribution in [2.75, 3.05) is 5.75 Å². The Labute approximate surface area is 118 Å². The van der Waals surface area contributed by atoms with Crippen LogP contribution >= 0.6 is 11.8 Å². The highest BCUT2D eigenvalue weighted by Gasteiger charge is 2.37. The third-order valence-corrected chi connectivity index (χ3v) is 3.48. The van der Waals surface area contributed by atoms with Gasteiger partial charge in [-0.3, -0.25) is 0 Å². The SMILES string of the molecule is Cn1c(SC/C=C/c2ccccc2)nnc1C(F)(F)F. The van der Waals surface area contributed by atoms with Crippen molar-refractivity contribution in [3.05, 3.63) is 47.8 Å². The van der Waals surface area contributed by atoms with E-state index in [9.17, 15) is 13.2 Å². The lowest BCUT2D eigenvalue weighted by atomic mass is 10.2. The second-order valence-corrected chi connectivity index (χ2v) is 4.97. The van der Waals surface area contributed by atoms with E-state index in [4.69, 9.17) is 0 Å². The van der Waals surface area contributed by atoms with Crippen LogP contribution < -0.4 is 0 Å². The second kappa shape index (κ2) is 6.13. The molecule has 0 saturated carbocycles. The van der Waals surface area contributed by atoms with Crippen molar-refractivity contribution in [2.24, 2.45) is 7.05 Å². The van der Waals surface area contributed by atoms with Crippen LogP contribution in [0.15, 0.2) is 41.6 Å². The minimum atomic E-state index is -4.47. The molecule has 0 radical (unpaired) electrons. The molecule has 7 heteroatoms. The van der Waals surface area contributed by atoms with Gasteiger partial charge in [0, 0.05) is 12.8 Å². The molecule has 1 heterocycles. The second-order valence-electron chi connectivity index (χ2n) is 3.99. The van der Waals surface area contributed by atoms with Crippen LogP contribution in [-0.2, 0) is 13.2 Å². The summed E-state index contributed by atoms with van der Waals surface area (Å²) >= 11 is 1.21. The predicted molar refractivity (Wildman–Crippen MR) is 72.2 cm³/mol. The summed E-state index contributed by atoms with van der Waals surface area (Å²) in [7, 11) is 1.31. The molecule has 0 unspecified atom stereocenters. The van der Waals surface area contributed by atoms with E-state index >= 15 is 0 Å². The van der Waals surface area contributed by atoms with Crippen LogP contribution in [0.1, 0.15) is 11.4 Å². The van der Waals surface area contributed by atoms with Crippen LogP contribution in [0.5, 0.6) is 0 Å². The molecule has 20 heavy (non-hydrogen) atoms. The normalized spacial score (nSPS) is 12.2. The third-order valence-electron chi connectivity index (χ3n) is 2.51. The molecule has 0 aliphatic heterocycles. The standard InChI is InChI=1S/C13H12F3N3S/c1-19-11(13(14,15)16)17-18-12(19)20-9-5-8-10-6-3-2-4-7-10/h2-8H,9H2,1H3/b8-5+. The van der Waals surface area contributed by atoms with Gasteiger partial charge in [-0.15, -0.1) is 10.2 Å². The Morgan fingerprint density at radius 2 is 1.90 bits per heavy atom. The number of hydrogen-bond acceptors (Lipinski definition) is 3. The lowest BCUT2D eigenvalue weighted by molar-refractivity contribution is -0.147. The van der Waals surface area contributed by atoms with Gasteiger partial charge in [0.1, 0.15) is 0 Å². The van der Waals surface area contributed by atoms with E-state index in [2.05, 4.69) is 10.2 Å². The molecule has 0 spiro atoms. The van der Waals surface area contributed by atoms with Crippen LogP contribution in [0.4, 0.5) is 13.2 Å². The number of rotatable bonds is 4. The van der Waals surface area contributed by atoms with Gasteiger partial charge >= 0.3 is 6.18 Å². The summed E-state index contributed by atoms with van der Waals surface area (Å²) < 4.78 is 38.5. The summed E-state index contributed by atoms with van der Waals surface area (Å²) in [6, 6.07) is 9.66. The lowest BCUT2D eigenvalue weighted by Gasteiger charge is -2.05. The molecular formula is C13H12F3N3S. The molecule has 1 aromatic heterocycles. The molecule has 0 amide bonds. The van der Waals surface area contributed by atoms with Crippen molar-refractivity contribution < 1.29 is 13.2 Å². The number of aromatic nitrogens is 3. The first-order valence-corrected chi connectivity index (χ1v) is 6.78. The topological polar surface area (TPSA) is 30.7 Å².